The minimum Gasteiger partial charge on any atom is -0.507 e. The largest absolute Gasteiger partial charge is 0.507 e. The van der Waals surface area contributed by atoms with E-state index >= 15 is 0 Å². The predicted octanol–water partition coefficient (Wildman–Crippen LogP) is -1.39. The highest BCUT2D eigenvalue weighted by Gasteiger charge is 2.50. The van der Waals surface area contributed by atoms with Crippen LogP contribution < -0.4 is 43.1 Å². The van der Waals surface area contributed by atoms with Crippen LogP contribution in [0.5, 0.6) is 17.2 Å². The second-order valence-electron chi connectivity index (χ2n) is 21.3. The molecule has 3 unspecified atom stereocenters. The van der Waals surface area contributed by atoms with E-state index in [1.807, 2.05) is 0 Å². The van der Waals surface area contributed by atoms with Crippen molar-refractivity contribution in [1.82, 2.24) is 40.9 Å². The lowest BCUT2D eigenvalue weighted by molar-refractivity contribution is -0.245. The Morgan fingerprint density at radius 1 is 0.944 bits per heavy atom. The van der Waals surface area contributed by atoms with Crippen LogP contribution in [0.2, 0.25) is 0 Å². The van der Waals surface area contributed by atoms with E-state index in [-0.39, 0.29) is 63.6 Å². The first-order valence-electron chi connectivity index (χ1n) is 27.5. The van der Waals surface area contributed by atoms with Gasteiger partial charge in [0.05, 0.1) is 78.1 Å². The smallest absolute Gasteiger partial charge is 0.327 e. The Morgan fingerprint density at radius 2 is 1.66 bits per heavy atom. The van der Waals surface area contributed by atoms with Gasteiger partial charge in [0, 0.05) is 84.8 Å². The highest BCUT2D eigenvalue weighted by Crippen LogP contribution is 2.53. The number of aromatic nitrogens is 4. The Bertz CT molecular complexity index is 3800. The lowest BCUT2D eigenvalue weighted by Gasteiger charge is -2.43. The molecule has 2 aliphatic carbocycles. The fraction of sp³-hybridized carbons (Fsp3) is 0.393. The topological polar surface area (TPSA) is 510 Å². The SMILES string of the molecule is COc1cccc2c1C(=O)c1c(O)c3c(c(O)c1C2=O)C[C@@](O)(/C(CO)=N\NC(=O)CCN1C(=O)CC(SC[C@H](NC(=O)CC[C@H](NC(=O)c2ccc(NCc4cnc5nc(N)[nH]c(=O)c5n4)cc2)C(=O)O)C(=O)O)C1=O)C[C@@H]3O[C@H]1C[C@@H](N)C(O)C(C)O1. The summed E-state index contributed by atoms with van der Waals surface area (Å²) in [6.45, 7) is 0.0699. The number of hydrogen-bond acceptors (Lipinski definition) is 26. The van der Waals surface area contributed by atoms with Crippen LogP contribution in [-0.4, -0.2) is 193 Å². The number of rotatable bonds is 23. The number of ether oxygens (including phenoxy) is 3. The molecule has 2 aromatic heterocycles. The van der Waals surface area contributed by atoms with Crippen LogP contribution >= 0.6 is 11.8 Å². The number of benzene rings is 3. The number of carboxylic acids is 2. The molecule has 2 saturated heterocycles. The molecule has 33 heteroatoms. The van der Waals surface area contributed by atoms with Gasteiger partial charge in [-0.05, 0) is 43.7 Å². The molecule has 5 amide bonds. The molecule has 89 heavy (non-hydrogen) atoms. The molecular formula is C56H60N12O20S. The molecule has 0 radical (unpaired) electrons. The van der Waals surface area contributed by atoms with E-state index in [2.05, 4.69) is 46.4 Å². The minimum absolute atomic E-state index is 0.00914. The number of phenols is 2. The number of aromatic amines is 1. The molecule has 9 atom stereocenters. The number of carboxylic acid groups (broad SMARTS) is 2. The number of fused-ring (bicyclic) bond motifs is 4. The number of aromatic hydroxyl groups is 2. The number of aliphatic hydroxyl groups is 3. The number of carbonyl (C=O) groups is 9. The van der Waals surface area contributed by atoms with E-state index in [0.29, 0.717) is 11.4 Å². The van der Waals surface area contributed by atoms with Crippen LogP contribution in [0.1, 0.15) is 111 Å². The molecule has 5 aromatic rings. The average molecular weight is 1250 g/mol. The zero-order valence-corrected chi connectivity index (χ0v) is 48.1. The number of phenolic OH excluding ortho intramolecular Hbond substituents is 2. The Kier molecular flexibility index (Phi) is 19.0. The van der Waals surface area contributed by atoms with Crippen LogP contribution in [0.4, 0.5) is 11.6 Å². The summed E-state index contributed by atoms with van der Waals surface area (Å²) in [7, 11) is 1.27. The van der Waals surface area contributed by atoms with Crippen LogP contribution in [0.25, 0.3) is 11.2 Å². The van der Waals surface area contributed by atoms with Gasteiger partial charge in [0.1, 0.15) is 34.9 Å². The molecule has 2 fully saturated rings. The first kappa shape index (κ1) is 64.0. The van der Waals surface area contributed by atoms with Gasteiger partial charge in [-0.2, -0.15) is 10.1 Å². The van der Waals surface area contributed by atoms with Crippen molar-refractivity contribution >= 4 is 93.3 Å². The van der Waals surface area contributed by atoms with Crippen molar-refractivity contribution < 1.29 is 93.1 Å². The van der Waals surface area contributed by atoms with Gasteiger partial charge in [-0.3, -0.25) is 48.2 Å². The summed E-state index contributed by atoms with van der Waals surface area (Å²) in [4.78, 5) is 146. The second kappa shape index (κ2) is 26.4. The number of anilines is 2. The first-order chi connectivity index (χ1) is 42.3. The molecular weight excluding hydrogens is 1190 g/mol. The Hall–Kier alpha value is -9.51. The molecule has 4 heterocycles. The monoisotopic (exact) mass is 1250 g/mol. The molecule has 2 aliphatic heterocycles. The van der Waals surface area contributed by atoms with Crippen molar-refractivity contribution in [2.75, 3.05) is 37.1 Å². The standard InChI is InChI=1S/C56H60N12O20S/c1-22-44(73)28(57)14-38(87-22)88-32-17-56(85,16-27-40(32)48(77)42-41(46(27)75)45(74)26-4-3-5-31(86-2)39(26)47(42)76)34(20-69)66-67-36(71)12-13-68-37(72)15-33(52(68)80)89-21-30(54(83)84)62-35(70)11-10-29(53(81)82)63-50(78)23-6-8-24(9-7-23)59-18-25-19-60-49-43(61-25)51(79)65-55(58)64-49/h3-9,19,22,28-30,32-33,38,44,59,69,73,75,77,85H,10-18,20-21,57H2,1-2H3,(H,62,70)(H,63,78)(H,67,71)(H,81,82)(H,83,84)(H3,58,60,64,65,79)/b66-34-/t22?,28-,29+,30+,32+,33?,38+,44?,56+/m1/s1. The van der Waals surface area contributed by atoms with Crippen LogP contribution in [0.15, 0.2) is 58.6 Å². The Morgan fingerprint density at radius 3 is 2.35 bits per heavy atom. The minimum atomic E-state index is -2.37. The van der Waals surface area contributed by atoms with Crippen LogP contribution in [-0.2, 0) is 51.2 Å². The van der Waals surface area contributed by atoms with Gasteiger partial charge in [-0.25, -0.2) is 25.0 Å². The maximum absolute atomic E-state index is 14.1. The number of nitrogens with one attached hydrogen (secondary N) is 5. The third-order valence-electron chi connectivity index (χ3n) is 15.4. The summed E-state index contributed by atoms with van der Waals surface area (Å²) in [5, 5.41) is 87.6. The van der Waals surface area contributed by atoms with Crippen molar-refractivity contribution in [3.05, 3.63) is 104 Å². The Balaban J connectivity index is 0.780. The number of likely N-dealkylation sites (tertiary alicyclic amines) is 1. The quantitative estimate of drug-likeness (QED) is 0.0152. The molecule has 0 spiro atoms. The lowest BCUT2D eigenvalue weighted by Crippen LogP contribution is -2.53. The average Bonchev–Trinajstić information content (AvgIpc) is 1.11. The number of nitrogens with zero attached hydrogens (tertiary/aromatic N) is 5. The number of aliphatic hydroxyl groups excluding tert-OH is 2. The maximum Gasteiger partial charge on any atom is 0.327 e. The van der Waals surface area contributed by atoms with E-state index in [1.54, 1.807) is 0 Å². The number of carbonyl (C=O) groups excluding carboxylic acids is 7. The summed E-state index contributed by atoms with van der Waals surface area (Å²) < 4.78 is 17.5. The molecule has 3 aromatic carbocycles. The number of thioether (sulfide) groups is 1. The second-order valence-corrected chi connectivity index (χ2v) is 22.5. The summed E-state index contributed by atoms with van der Waals surface area (Å²) >= 11 is 0.723. The summed E-state index contributed by atoms with van der Waals surface area (Å²) in [5.41, 5.74) is 9.35. The van der Waals surface area contributed by atoms with Crippen molar-refractivity contribution in [2.24, 2.45) is 10.8 Å². The lowest BCUT2D eigenvalue weighted by atomic mass is 9.71. The van der Waals surface area contributed by atoms with E-state index in [4.69, 9.17) is 25.7 Å². The number of imide groups is 1. The van der Waals surface area contributed by atoms with Gasteiger partial charge >= 0.3 is 11.9 Å². The number of amides is 5. The number of nitrogen functional groups attached to an aromatic ring is 1. The van der Waals surface area contributed by atoms with Crippen molar-refractivity contribution in [2.45, 2.75) is 112 Å². The van der Waals surface area contributed by atoms with Gasteiger partial charge in [0.25, 0.3) is 11.5 Å². The van der Waals surface area contributed by atoms with Crippen molar-refractivity contribution in [1.29, 1.82) is 0 Å². The summed E-state index contributed by atoms with van der Waals surface area (Å²) in [5.74, 6) is -11.1. The van der Waals surface area contributed by atoms with Gasteiger partial charge in [0.2, 0.25) is 35.4 Å². The van der Waals surface area contributed by atoms with Crippen molar-refractivity contribution in [3.8, 4) is 17.2 Å². The first-order valence-corrected chi connectivity index (χ1v) is 28.5. The van der Waals surface area contributed by atoms with Gasteiger partial charge < -0.3 is 77.4 Å². The molecule has 16 N–H and O–H groups in total. The number of methoxy groups -OCH3 is 1. The third-order valence-corrected chi connectivity index (χ3v) is 16.7. The molecule has 4 aliphatic rings. The van der Waals surface area contributed by atoms with Crippen LogP contribution in [0.3, 0.4) is 0 Å². The van der Waals surface area contributed by atoms with E-state index in [9.17, 15) is 83.7 Å². The predicted molar refractivity (Wildman–Crippen MR) is 308 cm³/mol. The fourth-order valence-electron chi connectivity index (χ4n) is 10.7. The summed E-state index contributed by atoms with van der Waals surface area (Å²) in [6, 6.07) is 5.94. The molecule has 0 bridgehead atoms. The highest BCUT2D eigenvalue weighted by atomic mass is 32.2. The third kappa shape index (κ3) is 13.5. The number of ketones is 2. The zero-order valence-electron chi connectivity index (χ0n) is 47.3. The number of hydrazone groups is 1. The molecule has 32 nitrogen and oxygen atoms in total. The normalized spacial score (nSPS) is 22.1. The number of H-pyrrole nitrogens is 1. The van der Waals surface area contributed by atoms with E-state index in [0.717, 1.165) is 16.7 Å². The van der Waals surface area contributed by atoms with E-state index in [1.165, 1.54) is 62.7 Å². The number of aliphatic carboxylic acids is 2. The number of nitrogens with two attached hydrogens (primary N) is 2. The Labute approximate surface area is 506 Å². The zero-order chi connectivity index (χ0) is 64.3. The molecule has 470 valence electrons. The maximum atomic E-state index is 14.1. The van der Waals surface area contributed by atoms with Gasteiger partial charge in [-0.1, -0.05) is 12.1 Å². The van der Waals surface area contributed by atoms with Gasteiger partial charge in [-0.15, -0.1) is 11.8 Å². The molecule has 0 saturated carbocycles. The number of hydrogen-bond donors (Lipinski definition) is 14. The van der Waals surface area contributed by atoms with Crippen molar-refractivity contribution in [3.63, 3.8) is 0 Å². The fourth-order valence-corrected chi connectivity index (χ4v) is 11.9. The van der Waals surface area contributed by atoms with Crippen LogP contribution in [0, 0.1) is 0 Å². The molecule has 9 rings (SSSR count). The summed E-state index contributed by atoms with van der Waals surface area (Å²) in [6.07, 6.45) is -6.78. The van der Waals surface area contributed by atoms with Gasteiger partial charge in [0.15, 0.2) is 23.2 Å². The van der Waals surface area contributed by atoms with E-state index < -0.39 is 198 Å². The highest BCUT2D eigenvalue weighted by molar-refractivity contribution is 8.00.